The van der Waals surface area contributed by atoms with E-state index < -0.39 is 0 Å². The van der Waals surface area contributed by atoms with Gasteiger partial charge in [0.1, 0.15) is 0 Å². The molecule has 0 bridgehead atoms. The van der Waals surface area contributed by atoms with Crippen molar-refractivity contribution in [2.24, 2.45) is 0 Å². The average Bonchev–Trinajstić information content (AvgIpc) is 2.70. The number of nitrogens with zero attached hydrogens (tertiary/aromatic N) is 1. The van der Waals surface area contributed by atoms with Gasteiger partial charge < -0.3 is 9.64 Å². The molecule has 0 aromatic heterocycles. The van der Waals surface area contributed by atoms with Crippen molar-refractivity contribution in [2.75, 3.05) is 27.2 Å². The fourth-order valence-corrected chi connectivity index (χ4v) is 2.96. The van der Waals surface area contributed by atoms with Crippen LogP contribution >= 0.6 is 0 Å². The minimum atomic E-state index is -0.0222. The van der Waals surface area contributed by atoms with E-state index >= 15 is 0 Å². The molecule has 2 heteroatoms. The molecule has 1 atom stereocenters. The van der Waals surface area contributed by atoms with Gasteiger partial charge in [-0.1, -0.05) is 18.2 Å². The first kappa shape index (κ1) is 12.8. The first-order valence-electron chi connectivity index (χ1n) is 6.88. The molecule has 0 aromatic carbocycles. The van der Waals surface area contributed by atoms with Crippen LogP contribution in [0.1, 0.15) is 38.5 Å². The van der Waals surface area contributed by atoms with Gasteiger partial charge in [0.2, 0.25) is 0 Å². The van der Waals surface area contributed by atoms with Crippen molar-refractivity contribution in [3.05, 3.63) is 23.8 Å². The molecule has 2 aliphatic rings. The van der Waals surface area contributed by atoms with Crippen molar-refractivity contribution in [1.29, 1.82) is 0 Å². The summed E-state index contributed by atoms with van der Waals surface area (Å²) in [4.78, 5) is 2.42. The minimum absolute atomic E-state index is 0.0222. The quantitative estimate of drug-likeness (QED) is 0.729. The monoisotopic (exact) mass is 235 g/mol. The van der Waals surface area contributed by atoms with Crippen LogP contribution in [0, 0.1) is 0 Å². The predicted octanol–water partition coefficient (Wildman–Crippen LogP) is 3.15. The highest BCUT2D eigenvalue weighted by Gasteiger charge is 2.34. The van der Waals surface area contributed by atoms with Crippen molar-refractivity contribution in [1.82, 2.24) is 4.90 Å². The van der Waals surface area contributed by atoms with E-state index in [9.17, 15) is 0 Å². The molecule has 1 unspecified atom stereocenters. The molecule has 0 spiro atoms. The van der Waals surface area contributed by atoms with Crippen molar-refractivity contribution in [3.63, 3.8) is 0 Å². The molecule has 1 heterocycles. The zero-order valence-corrected chi connectivity index (χ0v) is 11.2. The number of methoxy groups -OCH3 is 1. The molecule has 1 fully saturated rings. The van der Waals surface area contributed by atoms with Gasteiger partial charge in [0.25, 0.3) is 0 Å². The van der Waals surface area contributed by atoms with Gasteiger partial charge in [-0.25, -0.2) is 0 Å². The maximum Gasteiger partial charge on any atom is 0.0937 e. The minimum Gasteiger partial charge on any atom is -0.373 e. The number of hydrogen-bond donors (Lipinski definition) is 0. The van der Waals surface area contributed by atoms with Crippen LogP contribution in [0.2, 0.25) is 0 Å². The van der Waals surface area contributed by atoms with Gasteiger partial charge in [0, 0.05) is 13.7 Å². The Hall–Kier alpha value is -0.600. The number of hydrogen-bond acceptors (Lipinski definition) is 2. The zero-order chi connectivity index (χ0) is 12.1. The lowest BCUT2D eigenvalue weighted by molar-refractivity contribution is 0.0130. The Morgan fingerprint density at radius 2 is 2.06 bits per heavy atom. The standard InChI is InChI=1S/C15H25NO/c1-16-12-7-10-15(17-2,11-13-16)14-8-5-3-4-6-9-14/h5,8-9H,3-4,6-7,10-13H2,1-2H3. The second kappa shape index (κ2) is 5.83. The second-order valence-corrected chi connectivity index (χ2v) is 5.35. The maximum absolute atomic E-state index is 5.96. The Balaban J connectivity index is 2.19. The van der Waals surface area contributed by atoms with Gasteiger partial charge >= 0.3 is 0 Å². The van der Waals surface area contributed by atoms with Crippen LogP contribution in [0.5, 0.6) is 0 Å². The van der Waals surface area contributed by atoms with E-state index in [0.717, 1.165) is 19.4 Å². The van der Waals surface area contributed by atoms with Crippen LogP contribution < -0.4 is 0 Å². The lowest BCUT2D eigenvalue weighted by atomic mass is 9.85. The summed E-state index contributed by atoms with van der Waals surface area (Å²) in [7, 11) is 4.09. The normalized spacial score (nSPS) is 31.8. The molecule has 0 saturated carbocycles. The Bertz CT molecular complexity index is 308. The number of allylic oxidation sites excluding steroid dienone is 2. The second-order valence-electron chi connectivity index (χ2n) is 5.35. The van der Waals surface area contributed by atoms with Crippen LogP contribution in [-0.2, 0) is 4.74 Å². The van der Waals surface area contributed by atoms with Gasteiger partial charge in [-0.2, -0.15) is 0 Å². The molecule has 1 aliphatic heterocycles. The fourth-order valence-electron chi connectivity index (χ4n) is 2.96. The summed E-state index contributed by atoms with van der Waals surface area (Å²) >= 11 is 0. The summed E-state index contributed by atoms with van der Waals surface area (Å²) in [5.41, 5.74) is 1.40. The van der Waals surface area contributed by atoms with Crippen LogP contribution in [-0.4, -0.2) is 37.7 Å². The molecule has 2 nitrogen and oxygen atoms in total. The number of likely N-dealkylation sites (tertiary alicyclic amines) is 1. The van der Waals surface area contributed by atoms with E-state index in [-0.39, 0.29) is 5.60 Å². The summed E-state index contributed by atoms with van der Waals surface area (Å²) in [6.07, 6.45) is 14.2. The molecule has 0 amide bonds. The fraction of sp³-hybridized carbons (Fsp3) is 0.733. The van der Waals surface area contributed by atoms with Gasteiger partial charge in [0.05, 0.1) is 5.60 Å². The van der Waals surface area contributed by atoms with Gasteiger partial charge in [-0.15, -0.1) is 0 Å². The van der Waals surface area contributed by atoms with E-state index in [4.69, 9.17) is 4.74 Å². The Morgan fingerprint density at radius 3 is 2.88 bits per heavy atom. The summed E-state index contributed by atoms with van der Waals surface area (Å²) in [5, 5.41) is 0. The predicted molar refractivity (Wildman–Crippen MR) is 72.2 cm³/mol. The summed E-state index contributed by atoms with van der Waals surface area (Å²) in [5.74, 6) is 0. The lowest BCUT2D eigenvalue weighted by Crippen LogP contribution is -2.34. The largest absolute Gasteiger partial charge is 0.373 e. The third kappa shape index (κ3) is 2.99. The lowest BCUT2D eigenvalue weighted by Gasteiger charge is -2.33. The van der Waals surface area contributed by atoms with Gasteiger partial charge in [-0.05, 0) is 57.7 Å². The Morgan fingerprint density at radius 1 is 1.18 bits per heavy atom. The van der Waals surface area contributed by atoms with Crippen molar-refractivity contribution in [2.45, 2.75) is 44.1 Å². The molecule has 0 N–H and O–H groups in total. The first-order chi connectivity index (χ1) is 8.27. The van der Waals surface area contributed by atoms with Gasteiger partial charge in [-0.3, -0.25) is 0 Å². The highest BCUT2D eigenvalue weighted by molar-refractivity contribution is 5.31. The third-order valence-electron chi connectivity index (χ3n) is 4.17. The van der Waals surface area contributed by atoms with Crippen molar-refractivity contribution in [3.8, 4) is 0 Å². The van der Waals surface area contributed by atoms with Crippen LogP contribution in [0.25, 0.3) is 0 Å². The highest BCUT2D eigenvalue weighted by Crippen LogP contribution is 2.35. The summed E-state index contributed by atoms with van der Waals surface area (Å²) in [6.45, 7) is 2.33. The van der Waals surface area contributed by atoms with E-state index in [1.807, 2.05) is 7.11 Å². The molecular weight excluding hydrogens is 210 g/mol. The highest BCUT2D eigenvalue weighted by atomic mass is 16.5. The molecule has 0 aromatic rings. The van der Waals surface area contributed by atoms with Crippen LogP contribution in [0.4, 0.5) is 0 Å². The van der Waals surface area contributed by atoms with Crippen molar-refractivity contribution < 1.29 is 4.74 Å². The van der Waals surface area contributed by atoms with Gasteiger partial charge in [0.15, 0.2) is 0 Å². The van der Waals surface area contributed by atoms with Crippen molar-refractivity contribution >= 4 is 0 Å². The molecular formula is C15H25NO. The topological polar surface area (TPSA) is 12.5 Å². The summed E-state index contributed by atoms with van der Waals surface area (Å²) < 4.78 is 5.96. The molecule has 96 valence electrons. The molecule has 1 saturated heterocycles. The van der Waals surface area contributed by atoms with E-state index in [1.54, 1.807) is 0 Å². The van der Waals surface area contributed by atoms with Crippen LogP contribution in [0.3, 0.4) is 0 Å². The molecule has 1 aliphatic carbocycles. The molecule has 17 heavy (non-hydrogen) atoms. The first-order valence-corrected chi connectivity index (χ1v) is 6.88. The Kier molecular flexibility index (Phi) is 4.41. The van der Waals surface area contributed by atoms with E-state index in [0.29, 0.717) is 0 Å². The Labute approximate surface area is 105 Å². The smallest absolute Gasteiger partial charge is 0.0937 e. The van der Waals surface area contributed by atoms with Crippen LogP contribution in [0.15, 0.2) is 23.8 Å². The molecule has 2 rings (SSSR count). The number of rotatable bonds is 2. The average molecular weight is 235 g/mol. The maximum atomic E-state index is 5.96. The van der Waals surface area contributed by atoms with E-state index in [1.165, 1.54) is 37.8 Å². The summed E-state index contributed by atoms with van der Waals surface area (Å²) in [6, 6.07) is 0. The number of ether oxygens (including phenoxy) is 1. The van der Waals surface area contributed by atoms with E-state index in [2.05, 4.69) is 30.2 Å². The molecule has 0 radical (unpaired) electrons. The third-order valence-corrected chi connectivity index (χ3v) is 4.17. The SMILES string of the molecule is COC1(C2=CCCCC=C2)CCCN(C)CC1. The zero-order valence-electron chi connectivity index (χ0n) is 11.2.